The number of piperazine rings is 1. The second-order valence-corrected chi connectivity index (χ2v) is 7.89. The summed E-state index contributed by atoms with van der Waals surface area (Å²) in [4.78, 5) is 44.0. The lowest BCUT2D eigenvalue weighted by Gasteiger charge is -2.34. The van der Waals surface area contributed by atoms with Crippen molar-refractivity contribution in [2.45, 2.75) is 24.5 Å². The zero-order chi connectivity index (χ0) is 21.3. The van der Waals surface area contributed by atoms with Crippen LogP contribution in [0.2, 0.25) is 0 Å². The molecule has 6 rings (SSSR count). The van der Waals surface area contributed by atoms with Gasteiger partial charge in [0.15, 0.2) is 0 Å². The molecule has 3 saturated heterocycles. The van der Waals surface area contributed by atoms with Gasteiger partial charge < -0.3 is 14.3 Å². The Morgan fingerprint density at radius 2 is 1.94 bits per heavy atom. The Balaban J connectivity index is 1.39. The van der Waals surface area contributed by atoms with Gasteiger partial charge in [-0.15, -0.1) is 0 Å². The second-order valence-electron chi connectivity index (χ2n) is 7.89. The summed E-state index contributed by atoms with van der Waals surface area (Å²) in [5.41, 5.74) is 0.925. The van der Waals surface area contributed by atoms with Gasteiger partial charge >= 0.3 is 6.03 Å². The first-order chi connectivity index (χ1) is 15.1. The summed E-state index contributed by atoms with van der Waals surface area (Å²) in [5, 5.41) is 14.3. The van der Waals surface area contributed by atoms with Crippen molar-refractivity contribution in [3.8, 4) is 6.07 Å². The Morgan fingerprint density at radius 3 is 2.68 bits per heavy atom. The SMILES string of the molecule is N#Cc1ccc(N2C(=O)[C@H]3[C@@H]4C[C@@H](CN4C(=O)c4ccno4)N3C2=O)c2ccccc12. The van der Waals surface area contributed by atoms with Gasteiger partial charge in [0.1, 0.15) is 6.04 Å². The van der Waals surface area contributed by atoms with E-state index >= 15 is 0 Å². The Labute approximate surface area is 176 Å². The molecule has 0 spiro atoms. The van der Waals surface area contributed by atoms with Gasteiger partial charge in [-0.05, 0) is 18.6 Å². The van der Waals surface area contributed by atoms with Gasteiger partial charge in [0.2, 0.25) is 5.76 Å². The van der Waals surface area contributed by atoms with Crippen molar-refractivity contribution < 1.29 is 18.9 Å². The minimum absolute atomic E-state index is 0.116. The number of hydrogen-bond acceptors (Lipinski definition) is 6. The van der Waals surface area contributed by atoms with Crippen LogP contribution in [0, 0.1) is 11.3 Å². The molecule has 0 saturated carbocycles. The van der Waals surface area contributed by atoms with E-state index < -0.39 is 12.1 Å². The van der Waals surface area contributed by atoms with Crippen LogP contribution in [-0.4, -0.2) is 57.5 Å². The highest BCUT2D eigenvalue weighted by atomic mass is 16.5. The van der Waals surface area contributed by atoms with Crippen LogP contribution >= 0.6 is 0 Å². The van der Waals surface area contributed by atoms with Crippen molar-refractivity contribution in [3.63, 3.8) is 0 Å². The molecule has 9 nitrogen and oxygen atoms in total. The molecule has 0 unspecified atom stereocenters. The maximum Gasteiger partial charge on any atom is 0.332 e. The van der Waals surface area contributed by atoms with E-state index in [0.29, 0.717) is 35.0 Å². The fourth-order valence-corrected chi connectivity index (χ4v) is 5.16. The first-order valence-electron chi connectivity index (χ1n) is 9.90. The van der Waals surface area contributed by atoms with Gasteiger partial charge in [-0.3, -0.25) is 9.59 Å². The number of rotatable bonds is 2. The van der Waals surface area contributed by atoms with Gasteiger partial charge in [0.05, 0.1) is 35.6 Å². The number of urea groups is 1. The van der Waals surface area contributed by atoms with Crippen molar-refractivity contribution >= 4 is 34.3 Å². The predicted octanol–water partition coefficient (Wildman–Crippen LogP) is 2.13. The van der Waals surface area contributed by atoms with E-state index in [4.69, 9.17) is 4.52 Å². The minimum atomic E-state index is -0.729. The topological polar surface area (TPSA) is 111 Å². The molecule has 0 radical (unpaired) electrons. The number of likely N-dealkylation sites (tertiary alicyclic amines) is 1. The van der Waals surface area contributed by atoms with Gasteiger partial charge in [-0.25, -0.2) is 9.69 Å². The summed E-state index contributed by atoms with van der Waals surface area (Å²) < 4.78 is 4.99. The van der Waals surface area contributed by atoms with Crippen LogP contribution in [0.25, 0.3) is 10.8 Å². The molecule has 152 valence electrons. The number of imide groups is 1. The normalized spacial score (nSPS) is 24.2. The van der Waals surface area contributed by atoms with Crippen LogP contribution < -0.4 is 4.90 Å². The Hall–Kier alpha value is -4.19. The maximum absolute atomic E-state index is 13.5. The molecule has 3 atom stereocenters. The van der Waals surface area contributed by atoms with E-state index in [2.05, 4.69) is 11.2 Å². The lowest BCUT2D eigenvalue weighted by molar-refractivity contribution is -0.121. The van der Waals surface area contributed by atoms with E-state index in [1.54, 1.807) is 40.1 Å². The molecule has 2 bridgehead atoms. The summed E-state index contributed by atoms with van der Waals surface area (Å²) >= 11 is 0. The third-order valence-corrected chi connectivity index (χ3v) is 6.44. The highest BCUT2D eigenvalue weighted by Crippen LogP contribution is 2.44. The Morgan fingerprint density at radius 1 is 1.13 bits per heavy atom. The van der Waals surface area contributed by atoms with E-state index in [1.165, 1.54) is 17.2 Å². The molecule has 3 aliphatic heterocycles. The fraction of sp³-hybridized carbons (Fsp3) is 0.227. The van der Waals surface area contributed by atoms with Crippen LogP contribution in [0.5, 0.6) is 0 Å². The van der Waals surface area contributed by atoms with Crippen molar-refractivity contribution in [1.82, 2.24) is 15.0 Å². The molecule has 4 heterocycles. The first kappa shape index (κ1) is 17.7. The highest BCUT2D eigenvalue weighted by molar-refractivity contribution is 6.25. The largest absolute Gasteiger partial charge is 0.351 e. The molecule has 0 aliphatic carbocycles. The second kappa shape index (κ2) is 6.15. The van der Waals surface area contributed by atoms with E-state index in [1.807, 2.05) is 6.07 Å². The van der Waals surface area contributed by atoms with Crippen molar-refractivity contribution in [2.75, 3.05) is 11.4 Å². The number of benzene rings is 2. The van der Waals surface area contributed by atoms with Gasteiger partial charge in [0, 0.05) is 23.4 Å². The van der Waals surface area contributed by atoms with Gasteiger partial charge in [0.25, 0.3) is 11.8 Å². The number of carbonyl (C=O) groups excluding carboxylic acids is 3. The quantitative estimate of drug-likeness (QED) is 0.595. The molecule has 3 aliphatic rings. The summed E-state index contributed by atoms with van der Waals surface area (Å²) in [6, 6.07) is 12.4. The van der Waals surface area contributed by atoms with Crippen LogP contribution in [0.1, 0.15) is 22.5 Å². The number of fused-ring (bicyclic) bond motifs is 6. The molecule has 9 heteroatoms. The molecule has 1 aromatic heterocycles. The molecule has 2 aromatic carbocycles. The first-order valence-corrected chi connectivity index (χ1v) is 9.90. The van der Waals surface area contributed by atoms with Crippen LogP contribution in [0.4, 0.5) is 10.5 Å². The standard InChI is InChI=1S/C22H15N5O4/c23-10-12-5-6-16(15-4-2-1-3-14(12)15)27-21(29)19-17-9-13(26(19)22(27)30)11-25(17)20(28)18-7-8-24-31-18/h1-8,13,17,19H,9,11H2/t13-,17-,19+/m0/s1. The molecule has 0 N–H and O–H groups in total. The molecule has 4 amide bonds. The summed E-state index contributed by atoms with van der Waals surface area (Å²) in [7, 11) is 0. The van der Waals surface area contributed by atoms with Crippen LogP contribution in [0.15, 0.2) is 53.2 Å². The monoisotopic (exact) mass is 413 g/mol. The molecular formula is C22H15N5O4. The number of amides is 4. The van der Waals surface area contributed by atoms with E-state index in [0.717, 1.165) is 0 Å². The zero-order valence-electron chi connectivity index (χ0n) is 16.1. The lowest BCUT2D eigenvalue weighted by atomic mass is 10.0. The van der Waals surface area contributed by atoms with Crippen molar-refractivity contribution in [2.24, 2.45) is 0 Å². The summed E-state index contributed by atoms with van der Waals surface area (Å²) in [5.74, 6) is -0.569. The molecule has 31 heavy (non-hydrogen) atoms. The number of hydrogen-bond donors (Lipinski definition) is 0. The van der Waals surface area contributed by atoms with Crippen LogP contribution in [0.3, 0.4) is 0 Å². The van der Waals surface area contributed by atoms with E-state index in [9.17, 15) is 19.6 Å². The minimum Gasteiger partial charge on any atom is -0.351 e. The number of anilines is 1. The number of carbonyl (C=O) groups is 3. The number of nitriles is 1. The zero-order valence-corrected chi connectivity index (χ0v) is 16.1. The summed E-state index contributed by atoms with van der Waals surface area (Å²) in [6.45, 7) is 0.349. The van der Waals surface area contributed by atoms with Crippen LogP contribution in [-0.2, 0) is 4.79 Å². The number of aromatic nitrogens is 1. The van der Waals surface area contributed by atoms with Gasteiger partial charge in [-0.2, -0.15) is 5.26 Å². The van der Waals surface area contributed by atoms with Crippen molar-refractivity contribution in [1.29, 1.82) is 5.26 Å². The van der Waals surface area contributed by atoms with E-state index in [-0.39, 0.29) is 29.6 Å². The molecule has 3 aromatic rings. The lowest BCUT2D eigenvalue weighted by Crippen LogP contribution is -2.54. The third-order valence-electron chi connectivity index (χ3n) is 6.44. The average Bonchev–Trinajstić information content (AvgIpc) is 3.57. The average molecular weight is 413 g/mol. The van der Waals surface area contributed by atoms with Gasteiger partial charge in [-0.1, -0.05) is 29.4 Å². The van der Waals surface area contributed by atoms with Crippen molar-refractivity contribution in [3.05, 3.63) is 60.0 Å². The Bertz CT molecular complexity index is 1310. The molecular weight excluding hydrogens is 398 g/mol. The Kier molecular flexibility index (Phi) is 3.50. The predicted molar refractivity (Wildman–Crippen MR) is 107 cm³/mol. The smallest absolute Gasteiger partial charge is 0.332 e. The third kappa shape index (κ3) is 2.24. The highest BCUT2D eigenvalue weighted by Gasteiger charge is 2.63. The fourth-order valence-electron chi connectivity index (χ4n) is 5.16. The number of nitrogens with zero attached hydrogens (tertiary/aromatic N) is 5. The summed E-state index contributed by atoms with van der Waals surface area (Å²) in [6.07, 6.45) is 1.96. The molecule has 3 fully saturated rings. The maximum atomic E-state index is 13.5.